The van der Waals surface area contributed by atoms with Gasteiger partial charge in [-0.2, -0.15) is 4.98 Å². The Bertz CT molecular complexity index is 1370. The number of fused-ring (bicyclic) bond motifs is 1. The predicted molar refractivity (Wildman–Crippen MR) is 144 cm³/mol. The van der Waals surface area contributed by atoms with E-state index in [-0.39, 0.29) is 17.5 Å². The van der Waals surface area contributed by atoms with Crippen LogP contribution in [0, 0.1) is 0 Å². The van der Waals surface area contributed by atoms with E-state index in [4.69, 9.17) is 9.72 Å². The quantitative estimate of drug-likeness (QED) is 0.534. The van der Waals surface area contributed by atoms with E-state index < -0.39 is 0 Å². The SMILES string of the molecule is CCOC(=O)N1CC=C(c2cccn3nc(Nc4ccc(C(=O)N5CCC6(CCN6)CC5)cc4)nc23)CC1. The summed E-state index contributed by atoms with van der Waals surface area (Å²) in [7, 11) is 0. The van der Waals surface area contributed by atoms with Crippen LogP contribution in [0.25, 0.3) is 11.2 Å². The Kier molecular flexibility index (Phi) is 6.49. The standard InChI is InChI=1S/C28H33N7O3/c1-2-38-27(37)34-16-9-20(10-17-34)23-4-3-15-35-24(23)31-26(32-35)30-22-7-5-21(6-8-22)25(36)33-18-12-28(13-19-33)11-14-29-28/h3-9,15,29H,2,10-14,16-19H2,1H3,(H,30,32). The largest absolute Gasteiger partial charge is 0.450 e. The zero-order valence-electron chi connectivity index (χ0n) is 21.7. The van der Waals surface area contributed by atoms with Crippen molar-refractivity contribution >= 4 is 34.9 Å². The molecule has 0 radical (unpaired) electrons. The van der Waals surface area contributed by atoms with Crippen molar-refractivity contribution in [3.63, 3.8) is 0 Å². The molecule has 0 saturated carbocycles. The molecule has 2 N–H and O–H groups in total. The fraction of sp³-hybridized carbons (Fsp3) is 0.429. The van der Waals surface area contributed by atoms with Gasteiger partial charge in [0.25, 0.3) is 5.91 Å². The van der Waals surface area contributed by atoms with Gasteiger partial charge in [-0.1, -0.05) is 6.08 Å². The molecule has 2 saturated heterocycles. The monoisotopic (exact) mass is 515 g/mol. The van der Waals surface area contributed by atoms with Crippen molar-refractivity contribution in [2.75, 3.05) is 44.6 Å². The molecule has 0 unspecified atom stereocenters. The van der Waals surface area contributed by atoms with E-state index in [9.17, 15) is 9.59 Å². The Morgan fingerprint density at radius 3 is 2.53 bits per heavy atom. The van der Waals surface area contributed by atoms with Crippen molar-refractivity contribution in [3.05, 3.63) is 59.8 Å². The number of likely N-dealkylation sites (tertiary alicyclic amines) is 1. The minimum atomic E-state index is -0.280. The van der Waals surface area contributed by atoms with Gasteiger partial charge in [-0.15, -0.1) is 5.10 Å². The average molecular weight is 516 g/mol. The molecule has 2 amide bonds. The summed E-state index contributed by atoms with van der Waals surface area (Å²) in [6.45, 7) is 5.99. The van der Waals surface area contributed by atoms with E-state index in [2.05, 4.69) is 21.8 Å². The maximum absolute atomic E-state index is 13.0. The molecular formula is C28H33N7O3. The third-order valence-electron chi connectivity index (χ3n) is 7.94. The Labute approximate surface area is 221 Å². The number of nitrogens with zero attached hydrogens (tertiary/aromatic N) is 5. The van der Waals surface area contributed by atoms with Crippen molar-refractivity contribution in [1.29, 1.82) is 0 Å². The molecule has 3 aromatic rings. The molecular weight excluding hydrogens is 482 g/mol. The summed E-state index contributed by atoms with van der Waals surface area (Å²) in [6.07, 6.45) is 7.64. The molecule has 198 valence electrons. The number of carbonyl (C=O) groups excluding carboxylic acids is 2. The molecule has 2 fully saturated rings. The zero-order chi connectivity index (χ0) is 26.1. The van der Waals surface area contributed by atoms with Crippen molar-refractivity contribution in [2.24, 2.45) is 0 Å². The number of hydrogen-bond acceptors (Lipinski definition) is 7. The van der Waals surface area contributed by atoms with E-state index in [1.165, 1.54) is 6.42 Å². The number of piperidine rings is 1. The lowest BCUT2D eigenvalue weighted by Gasteiger charge is -2.48. The van der Waals surface area contributed by atoms with Gasteiger partial charge in [0.2, 0.25) is 5.95 Å². The fourth-order valence-electron chi connectivity index (χ4n) is 5.56. The molecule has 0 bridgehead atoms. The Morgan fingerprint density at radius 2 is 1.87 bits per heavy atom. The number of anilines is 2. The van der Waals surface area contributed by atoms with Crippen LogP contribution in [-0.2, 0) is 4.74 Å². The molecule has 2 aromatic heterocycles. The number of hydrogen-bond donors (Lipinski definition) is 2. The molecule has 0 aliphatic carbocycles. The van der Waals surface area contributed by atoms with Gasteiger partial charge in [0.15, 0.2) is 5.65 Å². The minimum Gasteiger partial charge on any atom is -0.450 e. The summed E-state index contributed by atoms with van der Waals surface area (Å²) in [5.41, 5.74) is 4.67. The van der Waals surface area contributed by atoms with Gasteiger partial charge in [0, 0.05) is 54.7 Å². The number of benzene rings is 1. The molecule has 1 aromatic carbocycles. The number of aromatic nitrogens is 3. The number of ether oxygens (including phenoxy) is 1. The second kappa shape index (κ2) is 10.1. The Hall–Kier alpha value is -3.92. The molecule has 38 heavy (non-hydrogen) atoms. The fourth-order valence-corrected chi connectivity index (χ4v) is 5.56. The van der Waals surface area contributed by atoms with Gasteiger partial charge in [-0.05, 0) is 81.1 Å². The van der Waals surface area contributed by atoms with Gasteiger partial charge >= 0.3 is 6.09 Å². The van der Waals surface area contributed by atoms with Crippen LogP contribution in [0.2, 0.25) is 0 Å². The lowest BCUT2D eigenvalue weighted by atomic mass is 9.79. The lowest BCUT2D eigenvalue weighted by molar-refractivity contribution is 0.0541. The minimum absolute atomic E-state index is 0.0866. The highest BCUT2D eigenvalue weighted by Gasteiger charge is 2.40. The van der Waals surface area contributed by atoms with Gasteiger partial charge in [0.05, 0.1) is 6.61 Å². The van der Waals surface area contributed by atoms with Gasteiger partial charge < -0.3 is 25.2 Å². The van der Waals surface area contributed by atoms with E-state index in [1.54, 1.807) is 9.42 Å². The Balaban J connectivity index is 1.12. The number of rotatable bonds is 5. The summed E-state index contributed by atoms with van der Waals surface area (Å²) in [4.78, 5) is 33.4. The zero-order valence-corrected chi connectivity index (χ0v) is 21.7. The third kappa shape index (κ3) is 4.71. The lowest BCUT2D eigenvalue weighted by Crippen LogP contribution is -2.62. The predicted octanol–water partition coefficient (Wildman–Crippen LogP) is 3.69. The van der Waals surface area contributed by atoms with E-state index in [1.807, 2.05) is 54.4 Å². The van der Waals surface area contributed by atoms with E-state index in [0.717, 1.165) is 61.4 Å². The molecule has 1 spiro atoms. The molecule has 5 heterocycles. The van der Waals surface area contributed by atoms with Crippen LogP contribution in [0.5, 0.6) is 0 Å². The van der Waals surface area contributed by atoms with Crippen LogP contribution in [-0.4, -0.2) is 81.3 Å². The molecule has 3 aliphatic heterocycles. The first kappa shape index (κ1) is 24.4. The number of amides is 2. The second-order valence-electron chi connectivity index (χ2n) is 10.2. The van der Waals surface area contributed by atoms with Crippen LogP contribution >= 0.6 is 0 Å². The molecule has 0 atom stereocenters. The molecule has 6 rings (SSSR count). The van der Waals surface area contributed by atoms with Gasteiger partial charge in [-0.3, -0.25) is 4.79 Å². The first-order valence-corrected chi connectivity index (χ1v) is 13.4. The highest BCUT2D eigenvalue weighted by Crippen LogP contribution is 2.32. The van der Waals surface area contributed by atoms with Crippen molar-refractivity contribution in [3.8, 4) is 0 Å². The van der Waals surface area contributed by atoms with Crippen LogP contribution in [0.4, 0.5) is 16.4 Å². The van der Waals surface area contributed by atoms with Gasteiger partial charge in [-0.25, -0.2) is 9.31 Å². The molecule has 10 heteroatoms. The van der Waals surface area contributed by atoms with Crippen molar-refractivity contribution in [1.82, 2.24) is 29.7 Å². The first-order chi connectivity index (χ1) is 18.5. The second-order valence-corrected chi connectivity index (χ2v) is 10.2. The van der Waals surface area contributed by atoms with Crippen LogP contribution in [0.1, 0.15) is 48.5 Å². The summed E-state index contributed by atoms with van der Waals surface area (Å²) in [6, 6.07) is 11.5. The molecule has 10 nitrogen and oxygen atoms in total. The summed E-state index contributed by atoms with van der Waals surface area (Å²) >= 11 is 0. The normalized spacial score (nSPS) is 18.7. The number of pyridine rings is 1. The summed E-state index contributed by atoms with van der Waals surface area (Å²) in [5, 5.41) is 11.4. The molecule has 3 aliphatic rings. The topological polar surface area (TPSA) is 104 Å². The summed E-state index contributed by atoms with van der Waals surface area (Å²) < 4.78 is 6.88. The third-order valence-corrected chi connectivity index (χ3v) is 7.94. The van der Waals surface area contributed by atoms with Gasteiger partial charge in [0.1, 0.15) is 0 Å². The number of carbonyl (C=O) groups is 2. The van der Waals surface area contributed by atoms with Crippen molar-refractivity contribution < 1.29 is 14.3 Å². The number of nitrogens with one attached hydrogen (secondary N) is 2. The highest BCUT2D eigenvalue weighted by atomic mass is 16.6. The maximum atomic E-state index is 13.0. The average Bonchev–Trinajstić information content (AvgIpc) is 3.35. The van der Waals surface area contributed by atoms with Crippen LogP contribution < -0.4 is 10.6 Å². The summed E-state index contributed by atoms with van der Waals surface area (Å²) in [5.74, 6) is 0.568. The Morgan fingerprint density at radius 1 is 1.08 bits per heavy atom. The first-order valence-electron chi connectivity index (χ1n) is 13.4. The van der Waals surface area contributed by atoms with Crippen LogP contribution in [0.3, 0.4) is 0 Å². The van der Waals surface area contributed by atoms with Crippen molar-refractivity contribution in [2.45, 2.75) is 38.1 Å². The van der Waals surface area contributed by atoms with E-state index >= 15 is 0 Å². The maximum Gasteiger partial charge on any atom is 0.410 e. The van der Waals surface area contributed by atoms with E-state index in [0.29, 0.717) is 31.2 Å². The smallest absolute Gasteiger partial charge is 0.410 e. The highest BCUT2D eigenvalue weighted by molar-refractivity contribution is 5.94. The van der Waals surface area contributed by atoms with Crippen LogP contribution in [0.15, 0.2) is 48.7 Å².